The number of nitrogens with zero attached hydrogens (tertiary/aromatic N) is 3. The van der Waals surface area contributed by atoms with E-state index in [0.29, 0.717) is 16.9 Å². The maximum absolute atomic E-state index is 12.9. The minimum absolute atomic E-state index is 0.0165. The Morgan fingerprint density at radius 2 is 1.62 bits per heavy atom. The maximum atomic E-state index is 12.9. The van der Waals surface area contributed by atoms with Crippen LogP contribution in [0, 0.1) is 31.6 Å². The number of ether oxygens (including phenoxy) is 1. The number of nitro benzene ring substituents is 2. The summed E-state index contributed by atoms with van der Waals surface area (Å²) in [5, 5.41) is 35.9. The van der Waals surface area contributed by atoms with Crippen LogP contribution in [0.5, 0.6) is 5.75 Å². The minimum Gasteiger partial charge on any atom is -0.488 e. The van der Waals surface area contributed by atoms with Crippen molar-refractivity contribution in [2.24, 2.45) is 0 Å². The Labute approximate surface area is 210 Å². The zero-order valence-electron chi connectivity index (χ0n) is 19.2. The van der Waals surface area contributed by atoms with Crippen LogP contribution in [0.4, 0.5) is 17.1 Å². The summed E-state index contributed by atoms with van der Waals surface area (Å²) in [7, 11) is 0. The van der Waals surface area contributed by atoms with Gasteiger partial charge in [0.15, 0.2) is 0 Å². The first-order chi connectivity index (χ1) is 17.9. The monoisotopic (exact) mass is 494 g/mol. The van der Waals surface area contributed by atoms with Crippen molar-refractivity contribution in [3.8, 4) is 11.8 Å². The van der Waals surface area contributed by atoms with Gasteiger partial charge in [0, 0.05) is 35.5 Å². The number of nitriles is 1. The summed E-state index contributed by atoms with van der Waals surface area (Å²) in [5.41, 5.74) is 0.689. The summed E-state index contributed by atoms with van der Waals surface area (Å²) in [6.07, 6.45) is 1.39. The third-order valence-corrected chi connectivity index (χ3v) is 5.42. The molecule has 4 aromatic carbocycles. The van der Waals surface area contributed by atoms with E-state index >= 15 is 0 Å². The molecule has 0 saturated carbocycles. The van der Waals surface area contributed by atoms with E-state index in [1.807, 2.05) is 30.3 Å². The Morgan fingerprint density at radius 3 is 2.35 bits per heavy atom. The highest BCUT2D eigenvalue weighted by Gasteiger charge is 2.16. The van der Waals surface area contributed by atoms with Crippen LogP contribution in [-0.2, 0) is 11.4 Å². The van der Waals surface area contributed by atoms with E-state index in [2.05, 4.69) is 5.32 Å². The van der Waals surface area contributed by atoms with Gasteiger partial charge < -0.3 is 10.1 Å². The number of non-ortho nitro benzene ring substituents is 2. The van der Waals surface area contributed by atoms with Crippen LogP contribution in [0.2, 0.25) is 0 Å². The predicted molar refractivity (Wildman–Crippen MR) is 137 cm³/mol. The summed E-state index contributed by atoms with van der Waals surface area (Å²) >= 11 is 0. The van der Waals surface area contributed by atoms with Crippen molar-refractivity contribution in [1.29, 1.82) is 5.26 Å². The molecule has 0 aliphatic heterocycles. The lowest BCUT2D eigenvalue weighted by molar-refractivity contribution is -0.385. The molecule has 1 amide bonds. The van der Waals surface area contributed by atoms with E-state index in [1.54, 1.807) is 24.3 Å². The van der Waals surface area contributed by atoms with E-state index in [9.17, 15) is 30.3 Å². The molecule has 0 bridgehead atoms. The molecule has 10 nitrogen and oxygen atoms in total. The number of hydrogen-bond acceptors (Lipinski definition) is 7. The van der Waals surface area contributed by atoms with Crippen molar-refractivity contribution < 1.29 is 19.4 Å². The molecule has 4 rings (SSSR count). The molecule has 1 N–H and O–H groups in total. The molecule has 0 aromatic heterocycles. The number of amides is 1. The lowest BCUT2D eigenvalue weighted by Gasteiger charge is -2.13. The van der Waals surface area contributed by atoms with E-state index in [0.717, 1.165) is 10.8 Å². The fourth-order valence-electron chi connectivity index (χ4n) is 3.66. The first-order valence-electron chi connectivity index (χ1n) is 10.9. The third kappa shape index (κ3) is 5.75. The van der Waals surface area contributed by atoms with Gasteiger partial charge in [0.05, 0.1) is 9.85 Å². The number of nitro groups is 2. The molecular formula is C27H18N4O6. The molecular weight excluding hydrogens is 476 g/mol. The molecule has 0 heterocycles. The van der Waals surface area contributed by atoms with Gasteiger partial charge in [0.1, 0.15) is 24.0 Å². The average Bonchev–Trinajstić information content (AvgIpc) is 2.91. The molecule has 0 radical (unpaired) electrons. The van der Waals surface area contributed by atoms with Crippen molar-refractivity contribution in [1.82, 2.24) is 0 Å². The molecule has 0 unspecified atom stereocenters. The van der Waals surface area contributed by atoms with Gasteiger partial charge >= 0.3 is 0 Å². The van der Waals surface area contributed by atoms with Gasteiger partial charge in [-0.1, -0.05) is 48.5 Å². The molecule has 0 saturated heterocycles. The van der Waals surface area contributed by atoms with E-state index in [1.165, 1.54) is 42.5 Å². The molecule has 182 valence electrons. The number of nitrogens with one attached hydrogen (secondary N) is 1. The fraction of sp³-hybridized carbons (Fsp3) is 0.0370. The van der Waals surface area contributed by atoms with Crippen LogP contribution in [-0.4, -0.2) is 15.8 Å². The van der Waals surface area contributed by atoms with E-state index < -0.39 is 15.8 Å². The number of carbonyl (C=O) groups is 1. The third-order valence-electron chi connectivity index (χ3n) is 5.42. The standard InChI is InChI=1S/C27H18N4O6/c28-16-20(27(32)29-21-7-4-9-23(15-21)31(35)36)14-25-24-10-2-1-6-19(24)11-12-26(25)37-17-18-5-3-8-22(13-18)30(33)34/h1-15H,17H2,(H,29,32)/b20-14+. The lowest BCUT2D eigenvalue weighted by Crippen LogP contribution is -2.13. The molecule has 0 spiro atoms. The number of anilines is 1. The van der Waals surface area contributed by atoms with Gasteiger partial charge in [-0.05, 0) is 34.5 Å². The second kappa shape index (κ2) is 10.8. The van der Waals surface area contributed by atoms with Crippen molar-refractivity contribution in [3.05, 3.63) is 122 Å². The highest BCUT2D eigenvalue weighted by molar-refractivity contribution is 6.11. The summed E-state index contributed by atoms with van der Waals surface area (Å²) < 4.78 is 5.97. The van der Waals surface area contributed by atoms with Gasteiger partial charge in [-0.25, -0.2) is 0 Å². The van der Waals surface area contributed by atoms with Crippen molar-refractivity contribution in [3.63, 3.8) is 0 Å². The summed E-state index contributed by atoms with van der Waals surface area (Å²) in [6, 6.07) is 24.2. The molecule has 4 aromatic rings. The molecule has 0 fully saturated rings. The zero-order valence-corrected chi connectivity index (χ0v) is 19.2. The number of fused-ring (bicyclic) bond motifs is 1. The second-order valence-corrected chi connectivity index (χ2v) is 7.85. The van der Waals surface area contributed by atoms with E-state index in [4.69, 9.17) is 4.74 Å². The summed E-state index contributed by atoms with van der Waals surface area (Å²) in [6.45, 7) is 0.0165. The second-order valence-electron chi connectivity index (χ2n) is 7.85. The first kappa shape index (κ1) is 24.6. The number of rotatable bonds is 8. The largest absolute Gasteiger partial charge is 0.488 e. The quantitative estimate of drug-likeness (QED) is 0.141. The predicted octanol–water partition coefficient (Wildman–Crippen LogP) is 5.78. The van der Waals surface area contributed by atoms with Crippen LogP contribution in [0.3, 0.4) is 0 Å². The van der Waals surface area contributed by atoms with Crippen LogP contribution < -0.4 is 10.1 Å². The van der Waals surface area contributed by atoms with Crippen LogP contribution in [0.25, 0.3) is 16.8 Å². The number of hydrogen-bond donors (Lipinski definition) is 1. The Hall–Kier alpha value is -5.56. The van der Waals surface area contributed by atoms with Gasteiger partial charge in [0.2, 0.25) is 0 Å². The molecule has 10 heteroatoms. The lowest BCUT2D eigenvalue weighted by atomic mass is 10.0. The first-order valence-corrected chi connectivity index (χ1v) is 10.9. The van der Waals surface area contributed by atoms with Gasteiger partial charge in [0.25, 0.3) is 17.3 Å². The summed E-state index contributed by atoms with van der Waals surface area (Å²) in [4.78, 5) is 33.9. The highest BCUT2D eigenvalue weighted by atomic mass is 16.6. The molecule has 0 atom stereocenters. The minimum atomic E-state index is -0.749. The molecule has 0 aliphatic rings. The highest BCUT2D eigenvalue weighted by Crippen LogP contribution is 2.31. The maximum Gasteiger partial charge on any atom is 0.271 e. The molecule has 37 heavy (non-hydrogen) atoms. The van der Waals surface area contributed by atoms with Crippen molar-refractivity contribution in [2.75, 3.05) is 5.32 Å². The zero-order chi connectivity index (χ0) is 26.4. The average molecular weight is 494 g/mol. The van der Waals surface area contributed by atoms with Crippen LogP contribution >= 0.6 is 0 Å². The van der Waals surface area contributed by atoms with Crippen molar-refractivity contribution in [2.45, 2.75) is 6.61 Å². The van der Waals surface area contributed by atoms with E-state index in [-0.39, 0.29) is 29.2 Å². The van der Waals surface area contributed by atoms with Gasteiger partial charge in [-0.15, -0.1) is 0 Å². The smallest absolute Gasteiger partial charge is 0.271 e. The number of carbonyl (C=O) groups excluding carboxylic acids is 1. The normalized spacial score (nSPS) is 10.9. The topological polar surface area (TPSA) is 148 Å². The van der Waals surface area contributed by atoms with Crippen molar-refractivity contribution >= 4 is 39.8 Å². The van der Waals surface area contributed by atoms with Gasteiger partial charge in [-0.2, -0.15) is 5.26 Å². The number of benzene rings is 4. The SMILES string of the molecule is N#C/C(=C\c1c(OCc2cccc([N+](=O)[O-])c2)ccc2ccccc12)C(=O)Nc1cccc([N+](=O)[O-])c1. The molecule has 0 aliphatic carbocycles. The Bertz CT molecular complexity index is 1610. The Balaban J connectivity index is 1.68. The Morgan fingerprint density at radius 1 is 0.919 bits per heavy atom. The van der Waals surface area contributed by atoms with Crippen LogP contribution in [0.15, 0.2) is 90.5 Å². The Kier molecular flexibility index (Phi) is 7.16. The fourth-order valence-corrected chi connectivity index (χ4v) is 3.66. The summed E-state index contributed by atoms with van der Waals surface area (Å²) in [5.74, 6) is -0.387. The van der Waals surface area contributed by atoms with Crippen LogP contribution in [0.1, 0.15) is 11.1 Å². The van der Waals surface area contributed by atoms with Gasteiger partial charge in [-0.3, -0.25) is 25.0 Å².